The topological polar surface area (TPSA) is 127 Å². The van der Waals surface area contributed by atoms with Gasteiger partial charge in [0, 0.05) is 7.11 Å². The van der Waals surface area contributed by atoms with Crippen molar-refractivity contribution in [3.8, 4) is 28.4 Å². The van der Waals surface area contributed by atoms with E-state index in [0.717, 1.165) is 27.8 Å². The van der Waals surface area contributed by atoms with E-state index in [2.05, 4.69) is 6.08 Å². The van der Waals surface area contributed by atoms with Crippen molar-refractivity contribution in [2.75, 3.05) is 34.5 Å². The van der Waals surface area contributed by atoms with Gasteiger partial charge in [0.05, 0.1) is 27.4 Å². The maximum absolute atomic E-state index is 10.4. The lowest BCUT2D eigenvalue weighted by molar-refractivity contribution is -0.277. The second-order valence-electron chi connectivity index (χ2n) is 8.25. The van der Waals surface area contributed by atoms with Crippen molar-refractivity contribution in [1.82, 2.24) is 0 Å². The number of ether oxygens (including phenoxy) is 5. The van der Waals surface area contributed by atoms with Crippen LogP contribution in [0.2, 0.25) is 0 Å². The van der Waals surface area contributed by atoms with Crippen molar-refractivity contribution in [3.63, 3.8) is 0 Å². The van der Waals surface area contributed by atoms with Gasteiger partial charge in [-0.3, -0.25) is 0 Å². The van der Waals surface area contributed by atoms with E-state index in [1.54, 1.807) is 20.3 Å². The molecule has 0 unspecified atom stereocenters. The van der Waals surface area contributed by atoms with E-state index >= 15 is 0 Å². The maximum Gasteiger partial charge on any atom is 0.229 e. The smallest absolute Gasteiger partial charge is 0.229 e. The highest BCUT2D eigenvalue weighted by Crippen LogP contribution is 2.43. The van der Waals surface area contributed by atoms with Gasteiger partial charge in [0.2, 0.25) is 6.29 Å². The Kier molecular flexibility index (Phi) is 7.42. The zero-order valence-electron chi connectivity index (χ0n) is 19.3. The molecule has 184 valence electrons. The lowest BCUT2D eigenvalue weighted by atomic mass is 9.93. The molecule has 0 spiro atoms. The lowest BCUT2D eigenvalue weighted by Gasteiger charge is -2.39. The highest BCUT2D eigenvalue weighted by atomic mass is 16.7. The molecule has 0 aromatic heterocycles. The van der Waals surface area contributed by atoms with Crippen LogP contribution in [0.1, 0.15) is 11.1 Å². The van der Waals surface area contributed by atoms with Crippen LogP contribution in [0.15, 0.2) is 36.4 Å². The number of rotatable bonds is 7. The van der Waals surface area contributed by atoms with Crippen LogP contribution in [0.4, 0.5) is 0 Å². The molecule has 1 aliphatic carbocycles. The molecular formula is C25H30O9. The van der Waals surface area contributed by atoms with Crippen LogP contribution in [0.3, 0.4) is 0 Å². The van der Waals surface area contributed by atoms with E-state index in [-0.39, 0.29) is 5.75 Å². The summed E-state index contributed by atoms with van der Waals surface area (Å²) in [7, 11) is 4.74. The van der Waals surface area contributed by atoms with E-state index < -0.39 is 37.3 Å². The first-order valence-corrected chi connectivity index (χ1v) is 11.0. The van der Waals surface area contributed by atoms with Crippen molar-refractivity contribution < 1.29 is 44.1 Å². The maximum atomic E-state index is 10.4. The van der Waals surface area contributed by atoms with E-state index in [9.17, 15) is 20.4 Å². The predicted octanol–water partition coefficient (Wildman–Crippen LogP) is 1.14. The zero-order chi connectivity index (χ0) is 24.4. The summed E-state index contributed by atoms with van der Waals surface area (Å²) in [5.41, 5.74) is 4.74. The average Bonchev–Trinajstić information content (AvgIpc) is 3.00. The first-order chi connectivity index (χ1) is 16.4. The standard InChI is InChI=1S/C25H30O9/c1-30-12-14-5-4-13-6-7-15(31-2)8-16(13)18-10-20(19(32-3)9-17(14)18)33-25-24(29)23(28)22(27)21(11-26)34-25/h5-10,21-29H,4,11-12H2,1-3H3/t21-,22-,23+,24-,25-/m1/s1. The molecule has 9 heteroatoms. The molecule has 2 aromatic rings. The summed E-state index contributed by atoms with van der Waals surface area (Å²) in [5.74, 6) is 1.34. The van der Waals surface area contributed by atoms with Crippen molar-refractivity contribution in [3.05, 3.63) is 47.5 Å². The van der Waals surface area contributed by atoms with Gasteiger partial charge in [-0.1, -0.05) is 12.1 Å². The number of aliphatic hydroxyl groups excluding tert-OH is 4. The van der Waals surface area contributed by atoms with Crippen LogP contribution in [-0.4, -0.2) is 85.7 Å². The van der Waals surface area contributed by atoms with Gasteiger partial charge >= 0.3 is 0 Å². The van der Waals surface area contributed by atoms with Crippen LogP contribution >= 0.6 is 0 Å². The number of methoxy groups -OCH3 is 3. The summed E-state index contributed by atoms with van der Waals surface area (Å²) in [6.45, 7) is -0.154. The Morgan fingerprint density at radius 3 is 2.32 bits per heavy atom. The Labute approximate surface area is 197 Å². The Morgan fingerprint density at radius 2 is 1.65 bits per heavy atom. The normalized spacial score (nSPS) is 26.1. The summed E-state index contributed by atoms with van der Waals surface area (Å²) < 4.78 is 27.9. The third kappa shape index (κ3) is 4.50. The molecule has 2 aliphatic rings. The van der Waals surface area contributed by atoms with Crippen molar-refractivity contribution in [2.24, 2.45) is 0 Å². The second kappa shape index (κ2) is 10.3. The van der Waals surface area contributed by atoms with Gasteiger partial charge in [0.1, 0.15) is 30.2 Å². The molecule has 5 atom stereocenters. The molecular weight excluding hydrogens is 444 g/mol. The molecule has 1 saturated heterocycles. The van der Waals surface area contributed by atoms with Crippen LogP contribution in [0.5, 0.6) is 17.2 Å². The van der Waals surface area contributed by atoms with Gasteiger partial charge in [-0.15, -0.1) is 0 Å². The molecule has 0 bridgehead atoms. The highest BCUT2D eigenvalue weighted by molar-refractivity contribution is 5.87. The number of aliphatic hydroxyl groups is 4. The molecule has 34 heavy (non-hydrogen) atoms. The molecule has 2 aromatic carbocycles. The third-order valence-corrected chi connectivity index (χ3v) is 6.22. The fourth-order valence-electron chi connectivity index (χ4n) is 4.34. The van der Waals surface area contributed by atoms with Gasteiger partial charge in [0.25, 0.3) is 0 Å². The van der Waals surface area contributed by atoms with Crippen molar-refractivity contribution >= 4 is 5.57 Å². The third-order valence-electron chi connectivity index (χ3n) is 6.22. The van der Waals surface area contributed by atoms with Gasteiger partial charge < -0.3 is 44.1 Å². The molecule has 0 radical (unpaired) electrons. The number of allylic oxidation sites excluding steroid dienone is 1. The number of fused-ring (bicyclic) bond motifs is 3. The minimum Gasteiger partial charge on any atom is -0.497 e. The monoisotopic (exact) mass is 474 g/mol. The molecule has 4 N–H and O–H groups in total. The van der Waals surface area contributed by atoms with E-state index in [0.29, 0.717) is 24.5 Å². The molecule has 1 aliphatic heterocycles. The van der Waals surface area contributed by atoms with Gasteiger partial charge in [-0.05, 0) is 58.5 Å². The van der Waals surface area contributed by atoms with Gasteiger partial charge in [-0.2, -0.15) is 0 Å². The Morgan fingerprint density at radius 1 is 0.882 bits per heavy atom. The van der Waals surface area contributed by atoms with Gasteiger partial charge in [0.15, 0.2) is 11.5 Å². The quantitative estimate of drug-likeness (QED) is 0.467. The van der Waals surface area contributed by atoms with E-state index in [1.165, 1.54) is 7.11 Å². The summed E-state index contributed by atoms with van der Waals surface area (Å²) in [6.07, 6.45) is -4.20. The van der Waals surface area contributed by atoms with Crippen LogP contribution in [-0.2, 0) is 15.9 Å². The Hall–Kier alpha value is -2.66. The molecule has 1 fully saturated rings. The Bertz CT molecular complexity index is 1050. The first-order valence-electron chi connectivity index (χ1n) is 11.0. The summed E-state index contributed by atoms with van der Waals surface area (Å²) in [4.78, 5) is 0. The van der Waals surface area contributed by atoms with Crippen LogP contribution in [0, 0.1) is 0 Å². The highest BCUT2D eigenvalue weighted by Gasteiger charge is 2.45. The first kappa shape index (κ1) is 24.5. The SMILES string of the molecule is COCC1=CCc2ccc(OC)cc2-c2cc(O[C@@H]3O[C@H](CO)[C@@H](O)[C@H](O)[C@H]3O)c(OC)cc21. The molecule has 0 amide bonds. The minimum atomic E-state index is -1.55. The number of benzene rings is 2. The fraction of sp³-hybridized carbons (Fsp3) is 0.440. The largest absolute Gasteiger partial charge is 0.497 e. The summed E-state index contributed by atoms with van der Waals surface area (Å²) in [5, 5.41) is 40.1. The second-order valence-corrected chi connectivity index (χ2v) is 8.25. The fourth-order valence-corrected chi connectivity index (χ4v) is 4.34. The summed E-state index contributed by atoms with van der Waals surface area (Å²) >= 11 is 0. The van der Waals surface area contributed by atoms with Crippen LogP contribution in [0.25, 0.3) is 16.7 Å². The van der Waals surface area contributed by atoms with E-state index in [4.69, 9.17) is 23.7 Å². The lowest BCUT2D eigenvalue weighted by Crippen LogP contribution is -2.60. The molecule has 0 saturated carbocycles. The number of hydrogen-bond acceptors (Lipinski definition) is 9. The van der Waals surface area contributed by atoms with Gasteiger partial charge in [-0.25, -0.2) is 0 Å². The Balaban J connectivity index is 1.80. The van der Waals surface area contributed by atoms with Crippen molar-refractivity contribution in [2.45, 2.75) is 37.1 Å². The van der Waals surface area contributed by atoms with Crippen molar-refractivity contribution in [1.29, 1.82) is 0 Å². The zero-order valence-corrected chi connectivity index (χ0v) is 19.3. The minimum absolute atomic E-state index is 0.262. The summed E-state index contributed by atoms with van der Waals surface area (Å²) in [6, 6.07) is 9.47. The predicted molar refractivity (Wildman–Crippen MR) is 123 cm³/mol. The molecule has 9 nitrogen and oxygen atoms in total. The average molecular weight is 475 g/mol. The van der Waals surface area contributed by atoms with Crippen LogP contribution < -0.4 is 14.2 Å². The van der Waals surface area contributed by atoms with E-state index in [1.807, 2.05) is 24.3 Å². The molecule has 4 rings (SSSR count). The molecule has 1 heterocycles. The number of hydrogen-bond donors (Lipinski definition) is 4.